The second-order valence-corrected chi connectivity index (χ2v) is 3.89. The van der Waals surface area contributed by atoms with Gasteiger partial charge in [-0.1, -0.05) is 12.8 Å². The highest BCUT2D eigenvalue weighted by Crippen LogP contribution is 2.34. The molecule has 3 heteroatoms. The monoisotopic (exact) mass is 169 g/mol. The zero-order chi connectivity index (χ0) is 8.55. The van der Waals surface area contributed by atoms with E-state index in [9.17, 15) is 10.0 Å². The van der Waals surface area contributed by atoms with E-state index in [1.165, 1.54) is 12.8 Å². The zero-order valence-electron chi connectivity index (χ0n) is 7.20. The van der Waals surface area contributed by atoms with Crippen molar-refractivity contribution in [3.63, 3.8) is 0 Å². The van der Waals surface area contributed by atoms with Gasteiger partial charge in [0, 0.05) is 6.42 Å². The molecule has 1 heterocycles. The number of piperidine rings is 1. The molecule has 68 valence electrons. The molecule has 2 rings (SSSR count). The zero-order valence-corrected chi connectivity index (χ0v) is 7.20. The molecular formula is C9H15NO2. The third-order valence-corrected chi connectivity index (χ3v) is 3.17. The molecule has 0 aromatic heterocycles. The summed E-state index contributed by atoms with van der Waals surface area (Å²) in [7, 11) is 0. The topological polar surface area (TPSA) is 40.5 Å². The van der Waals surface area contributed by atoms with Crippen LogP contribution >= 0.6 is 0 Å². The van der Waals surface area contributed by atoms with Crippen LogP contribution in [-0.2, 0) is 4.79 Å². The molecule has 0 unspecified atom stereocenters. The molecule has 0 bridgehead atoms. The van der Waals surface area contributed by atoms with Crippen molar-refractivity contribution >= 4 is 5.91 Å². The SMILES string of the molecule is O=C1CC[C@H]2CCCC[C@H]2N1O. The summed E-state index contributed by atoms with van der Waals surface area (Å²) >= 11 is 0. The number of nitrogens with zero attached hydrogens (tertiary/aromatic N) is 1. The molecule has 1 saturated carbocycles. The standard InChI is InChI=1S/C9H15NO2/c11-9-6-5-7-3-1-2-4-8(7)10(9)12/h7-8,12H,1-6H2/t7-,8-/m1/s1. The summed E-state index contributed by atoms with van der Waals surface area (Å²) in [6.45, 7) is 0. The van der Waals surface area contributed by atoms with Crippen LogP contribution in [0.2, 0.25) is 0 Å². The Bertz CT molecular complexity index is 193. The molecule has 0 spiro atoms. The van der Waals surface area contributed by atoms with Gasteiger partial charge < -0.3 is 0 Å². The molecule has 1 aliphatic heterocycles. The first-order chi connectivity index (χ1) is 5.79. The minimum Gasteiger partial charge on any atom is -0.286 e. The maximum Gasteiger partial charge on any atom is 0.246 e. The van der Waals surface area contributed by atoms with E-state index in [4.69, 9.17) is 0 Å². The van der Waals surface area contributed by atoms with Gasteiger partial charge in [-0.15, -0.1) is 0 Å². The second-order valence-electron chi connectivity index (χ2n) is 3.89. The Morgan fingerprint density at radius 1 is 1.25 bits per heavy atom. The molecule has 2 aliphatic rings. The Morgan fingerprint density at radius 2 is 2.00 bits per heavy atom. The average Bonchev–Trinajstić information content (AvgIpc) is 2.12. The van der Waals surface area contributed by atoms with Crippen LogP contribution in [0.25, 0.3) is 0 Å². The maximum atomic E-state index is 11.1. The van der Waals surface area contributed by atoms with Crippen molar-refractivity contribution in [2.24, 2.45) is 5.92 Å². The molecule has 1 aliphatic carbocycles. The molecule has 1 saturated heterocycles. The summed E-state index contributed by atoms with van der Waals surface area (Å²) in [5.74, 6) is 0.486. The van der Waals surface area contributed by atoms with E-state index < -0.39 is 0 Å². The minimum atomic E-state index is -0.0850. The predicted molar refractivity (Wildman–Crippen MR) is 43.6 cm³/mol. The fraction of sp³-hybridized carbons (Fsp3) is 0.889. The first kappa shape index (κ1) is 8.05. The van der Waals surface area contributed by atoms with E-state index in [0.717, 1.165) is 24.3 Å². The van der Waals surface area contributed by atoms with Gasteiger partial charge in [0.15, 0.2) is 0 Å². The Kier molecular flexibility index (Phi) is 2.05. The van der Waals surface area contributed by atoms with Crippen molar-refractivity contribution in [3.05, 3.63) is 0 Å². The third kappa shape index (κ3) is 1.22. The van der Waals surface area contributed by atoms with Gasteiger partial charge in [0.2, 0.25) is 5.91 Å². The van der Waals surface area contributed by atoms with Crippen LogP contribution in [0.15, 0.2) is 0 Å². The number of hydrogen-bond acceptors (Lipinski definition) is 2. The lowest BCUT2D eigenvalue weighted by Crippen LogP contribution is -2.47. The fourth-order valence-electron chi connectivity index (χ4n) is 2.46. The van der Waals surface area contributed by atoms with Gasteiger partial charge in [-0.05, 0) is 25.2 Å². The van der Waals surface area contributed by atoms with Crippen LogP contribution in [0.5, 0.6) is 0 Å². The smallest absolute Gasteiger partial charge is 0.246 e. The second kappa shape index (κ2) is 3.05. The summed E-state index contributed by atoms with van der Waals surface area (Å²) in [6.07, 6.45) is 6.13. The molecule has 2 atom stereocenters. The average molecular weight is 169 g/mol. The number of rotatable bonds is 0. The van der Waals surface area contributed by atoms with E-state index in [2.05, 4.69) is 0 Å². The fourth-order valence-corrected chi connectivity index (χ4v) is 2.46. The number of amides is 1. The number of hydrogen-bond donors (Lipinski definition) is 1. The number of hydroxylamine groups is 2. The maximum absolute atomic E-state index is 11.1. The molecule has 0 aromatic carbocycles. The van der Waals surface area contributed by atoms with E-state index in [1.807, 2.05) is 0 Å². The van der Waals surface area contributed by atoms with E-state index in [1.54, 1.807) is 0 Å². The molecule has 0 radical (unpaired) electrons. The van der Waals surface area contributed by atoms with Crippen LogP contribution in [0.1, 0.15) is 38.5 Å². The quantitative estimate of drug-likeness (QED) is 0.559. The van der Waals surface area contributed by atoms with Gasteiger partial charge >= 0.3 is 0 Å². The minimum absolute atomic E-state index is 0.0850. The lowest BCUT2D eigenvalue weighted by molar-refractivity contribution is -0.192. The molecule has 1 N–H and O–H groups in total. The van der Waals surface area contributed by atoms with Gasteiger partial charge in [0.1, 0.15) is 0 Å². The van der Waals surface area contributed by atoms with Gasteiger partial charge in [0.25, 0.3) is 0 Å². The number of carbonyl (C=O) groups is 1. The van der Waals surface area contributed by atoms with Crippen LogP contribution in [0.4, 0.5) is 0 Å². The largest absolute Gasteiger partial charge is 0.286 e. The van der Waals surface area contributed by atoms with E-state index in [-0.39, 0.29) is 11.9 Å². The Hall–Kier alpha value is -0.570. The van der Waals surface area contributed by atoms with E-state index >= 15 is 0 Å². The highest BCUT2D eigenvalue weighted by Gasteiger charge is 2.36. The molecular weight excluding hydrogens is 154 g/mol. The normalized spacial score (nSPS) is 36.4. The lowest BCUT2D eigenvalue weighted by Gasteiger charge is -2.39. The molecule has 1 amide bonds. The van der Waals surface area contributed by atoms with Crippen LogP contribution in [-0.4, -0.2) is 22.2 Å². The summed E-state index contributed by atoms with van der Waals surface area (Å²) in [6, 6.07) is 0.139. The van der Waals surface area contributed by atoms with Crippen molar-refractivity contribution in [2.45, 2.75) is 44.6 Å². The lowest BCUT2D eigenvalue weighted by atomic mass is 9.79. The van der Waals surface area contributed by atoms with Crippen molar-refractivity contribution < 1.29 is 10.0 Å². The van der Waals surface area contributed by atoms with Gasteiger partial charge in [-0.25, -0.2) is 5.06 Å². The summed E-state index contributed by atoms with van der Waals surface area (Å²) in [5, 5.41) is 10.5. The Labute approximate surface area is 72.3 Å². The molecule has 2 fully saturated rings. The van der Waals surface area contributed by atoms with Crippen molar-refractivity contribution in [1.82, 2.24) is 5.06 Å². The van der Waals surface area contributed by atoms with Crippen LogP contribution in [0, 0.1) is 5.92 Å². The summed E-state index contributed by atoms with van der Waals surface area (Å²) < 4.78 is 0. The van der Waals surface area contributed by atoms with Crippen LogP contribution < -0.4 is 0 Å². The predicted octanol–water partition coefficient (Wildman–Crippen LogP) is 1.56. The number of fused-ring (bicyclic) bond motifs is 1. The highest BCUT2D eigenvalue weighted by atomic mass is 16.5. The van der Waals surface area contributed by atoms with Crippen LogP contribution in [0.3, 0.4) is 0 Å². The van der Waals surface area contributed by atoms with Gasteiger partial charge in [-0.3, -0.25) is 10.0 Å². The third-order valence-electron chi connectivity index (χ3n) is 3.17. The highest BCUT2D eigenvalue weighted by molar-refractivity contribution is 5.76. The van der Waals surface area contributed by atoms with Gasteiger partial charge in [0.05, 0.1) is 6.04 Å². The summed E-state index contributed by atoms with van der Waals surface area (Å²) in [5.41, 5.74) is 0. The summed E-state index contributed by atoms with van der Waals surface area (Å²) in [4.78, 5) is 11.1. The molecule has 12 heavy (non-hydrogen) atoms. The van der Waals surface area contributed by atoms with Crippen molar-refractivity contribution in [3.8, 4) is 0 Å². The number of carbonyl (C=O) groups excluding carboxylic acids is 1. The first-order valence-electron chi connectivity index (χ1n) is 4.80. The molecule has 0 aromatic rings. The van der Waals surface area contributed by atoms with Gasteiger partial charge in [-0.2, -0.15) is 0 Å². The van der Waals surface area contributed by atoms with Crippen molar-refractivity contribution in [2.75, 3.05) is 0 Å². The first-order valence-corrected chi connectivity index (χ1v) is 4.80. The Balaban J connectivity index is 2.08. The van der Waals surface area contributed by atoms with E-state index in [0.29, 0.717) is 12.3 Å². The van der Waals surface area contributed by atoms with Crippen molar-refractivity contribution in [1.29, 1.82) is 0 Å². The Morgan fingerprint density at radius 3 is 2.83 bits per heavy atom. The molecule has 3 nitrogen and oxygen atoms in total.